The Kier molecular flexibility index (Phi) is 6.27. The maximum atomic E-state index is 13.8. The predicted molar refractivity (Wildman–Crippen MR) is 142 cm³/mol. The summed E-state index contributed by atoms with van der Waals surface area (Å²) < 4.78 is 1.85. The Balaban J connectivity index is 1.58. The lowest BCUT2D eigenvalue weighted by Crippen LogP contribution is -2.47. The van der Waals surface area contributed by atoms with E-state index in [-0.39, 0.29) is 5.56 Å². The molecule has 0 saturated heterocycles. The molecule has 5 rings (SSSR count). The average molecular weight is 465 g/mol. The van der Waals surface area contributed by atoms with Gasteiger partial charge in [-0.25, -0.2) is 4.98 Å². The molecule has 0 atom stereocenters. The maximum absolute atomic E-state index is 13.8. The topological polar surface area (TPSA) is 41.4 Å². The predicted octanol–water partition coefficient (Wildman–Crippen LogP) is 5.64. The number of anilines is 2. The molecular formula is C30H32N4O. The van der Waals surface area contributed by atoms with E-state index in [1.54, 1.807) is 0 Å². The molecule has 2 heterocycles. The standard InChI is InChI=1S/C30H32N4O/c1-21-10-13-26(14-11-21)18-32-19-33(27-15-12-22(2)23(3)16-27)30-31-24(4)28(29(35)34(30)20-32)17-25-8-6-5-7-9-25/h5-16H,17-20H2,1-4H3. The van der Waals surface area contributed by atoms with E-state index in [2.05, 4.69) is 85.2 Å². The van der Waals surface area contributed by atoms with Gasteiger partial charge in [0.1, 0.15) is 0 Å². The number of rotatable bonds is 5. The largest absolute Gasteiger partial charge is 0.298 e. The van der Waals surface area contributed by atoms with Gasteiger partial charge in [0.2, 0.25) is 5.95 Å². The maximum Gasteiger partial charge on any atom is 0.259 e. The monoisotopic (exact) mass is 464 g/mol. The van der Waals surface area contributed by atoms with Crippen molar-refractivity contribution in [1.29, 1.82) is 0 Å². The SMILES string of the molecule is Cc1ccc(CN2CN(c3ccc(C)c(C)c3)c3nc(C)c(Cc4ccccc4)c(=O)n3C2)cc1. The molecule has 1 aliphatic rings. The Morgan fingerprint density at radius 3 is 2.26 bits per heavy atom. The highest BCUT2D eigenvalue weighted by atomic mass is 16.1. The molecule has 1 aliphatic heterocycles. The molecule has 0 amide bonds. The van der Waals surface area contributed by atoms with Crippen molar-refractivity contribution in [2.45, 2.75) is 47.3 Å². The van der Waals surface area contributed by atoms with Crippen LogP contribution in [0.1, 0.15) is 39.1 Å². The van der Waals surface area contributed by atoms with Crippen molar-refractivity contribution in [3.63, 3.8) is 0 Å². The van der Waals surface area contributed by atoms with Crippen LogP contribution in [-0.2, 0) is 19.6 Å². The van der Waals surface area contributed by atoms with Gasteiger partial charge < -0.3 is 0 Å². The summed E-state index contributed by atoms with van der Waals surface area (Å²) in [6, 6.07) is 25.2. The summed E-state index contributed by atoms with van der Waals surface area (Å²) in [5.74, 6) is 0.715. The number of hydrogen-bond donors (Lipinski definition) is 0. The van der Waals surface area contributed by atoms with Crippen LogP contribution in [0.5, 0.6) is 0 Å². The Hall–Kier alpha value is -3.70. The fourth-order valence-corrected chi connectivity index (χ4v) is 4.67. The zero-order valence-corrected chi connectivity index (χ0v) is 21.0. The minimum atomic E-state index is 0.0405. The van der Waals surface area contributed by atoms with Crippen LogP contribution in [0.3, 0.4) is 0 Å². The van der Waals surface area contributed by atoms with E-state index in [0.717, 1.165) is 29.1 Å². The average Bonchev–Trinajstić information content (AvgIpc) is 2.86. The molecule has 0 fully saturated rings. The number of nitrogens with zero attached hydrogens (tertiary/aromatic N) is 4. The summed E-state index contributed by atoms with van der Waals surface area (Å²) in [7, 11) is 0. The third kappa shape index (κ3) is 4.77. The van der Waals surface area contributed by atoms with Crippen molar-refractivity contribution < 1.29 is 0 Å². The molecule has 0 spiro atoms. The summed E-state index contributed by atoms with van der Waals surface area (Å²) in [6.07, 6.45) is 0.584. The fraction of sp³-hybridized carbons (Fsp3) is 0.267. The summed E-state index contributed by atoms with van der Waals surface area (Å²) in [5, 5.41) is 0. The minimum absolute atomic E-state index is 0.0405. The smallest absolute Gasteiger partial charge is 0.259 e. The van der Waals surface area contributed by atoms with E-state index < -0.39 is 0 Å². The van der Waals surface area contributed by atoms with Crippen LogP contribution < -0.4 is 10.5 Å². The third-order valence-electron chi connectivity index (χ3n) is 6.93. The van der Waals surface area contributed by atoms with E-state index in [1.165, 1.54) is 22.3 Å². The van der Waals surface area contributed by atoms with Crippen LogP contribution in [0.4, 0.5) is 11.6 Å². The van der Waals surface area contributed by atoms with Crippen LogP contribution in [0, 0.1) is 27.7 Å². The molecule has 35 heavy (non-hydrogen) atoms. The van der Waals surface area contributed by atoms with Crippen molar-refractivity contribution in [2.75, 3.05) is 11.6 Å². The van der Waals surface area contributed by atoms with E-state index in [0.29, 0.717) is 25.7 Å². The lowest BCUT2D eigenvalue weighted by atomic mass is 10.0. The summed E-state index contributed by atoms with van der Waals surface area (Å²) in [5.41, 5.74) is 8.73. The van der Waals surface area contributed by atoms with Crippen LogP contribution in [0.15, 0.2) is 77.6 Å². The summed E-state index contributed by atoms with van der Waals surface area (Å²) in [6.45, 7) is 10.2. The summed E-state index contributed by atoms with van der Waals surface area (Å²) >= 11 is 0. The highest BCUT2D eigenvalue weighted by Crippen LogP contribution is 2.30. The quantitative estimate of drug-likeness (QED) is 0.383. The van der Waals surface area contributed by atoms with Gasteiger partial charge in [-0.15, -0.1) is 0 Å². The first-order valence-corrected chi connectivity index (χ1v) is 12.2. The molecule has 0 aliphatic carbocycles. The van der Waals surface area contributed by atoms with Crippen molar-refractivity contribution in [2.24, 2.45) is 0 Å². The number of benzene rings is 3. The van der Waals surface area contributed by atoms with Crippen LogP contribution >= 0.6 is 0 Å². The fourth-order valence-electron chi connectivity index (χ4n) is 4.67. The van der Waals surface area contributed by atoms with Crippen molar-refractivity contribution >= 4 is 11.6 Å². The molecule has 3 aromatic carbocycles. The Bertz CT molecular complexity index is 1410. The van der Waals surface area contributed by atoms with Gasteiger partial charge in [0.15, 0.2) is 0 Å². The van der Waals surface area contributed by atoms with Crippen molar-refractivity contribution in [3.8, 4) is 0 Å². The second-order valence-corrected chi connectivity index (χ2v) is 9.67. The second-order valence-electron chi connectivity index (χ2n) is 9.67. The lowest BCUT2D eigenvalue weighted by Gasteiger charge is -2.38. The van der Waals surface area contributed by atoms with Crippen LogP contribution in [0.25, 0.3) is 0 Å². The molecule has 5 heteroatoms. The van der Waals surface area contributed by atoms with Gasteiger partial charge in [-0.3, -0.25) is 19.2 Å². The first-order valence-electron chi connectivity index (χ1n) is 12.2. The lowest BCUT2D eigenvalue weighted by molar-refractivity contribution is 0.189. The Labute approximate surface area is 207 Å². The van der Waals surface area contributed by atoms with Crippen molar-refractivity contribution in [1.82, 2.24) is 14.5 Å². The summed E-state index contributed by atoms with van der Waals surface area (Å²) in [4.78, 5) is 23.3. The molecule has 5 nitrogen and oxygen atoms in total. The zero-order valence-electron chi connectivity index (χ0n) is 21.0. The van der Waals surface area contributed by atoms with Gasteiger partial charge in [0.05, 0.1) is 19.0 Å². The van der Waals surface area contributed by atoms with Gasteiger partial charge >= 0.3 is 0 Å². The zero-order chi connectivity index (χ0) is 24.5. The van der Waals surface area contributed by atoms with E-state index in [4.69, 9.17) is 4.98 Å². The van der Waals surface area contributed by atoms with E-state index in [1.807, 2.05) is 29.7 Å². The highest BCUT2D eigenvalue weighted by molar-refractivity contribution is 5.60. The molecular weight excluding hydrogens is 432 g/mol. The number of aromatic nitrogens is 2. The molecule has 0 bridgehead atoms. The van der Waals surface area contributed by atoms with Crippen molar-refractivity contribution in [3.05, 3.63) is 122 Å². The molecule has 1 aromatic heterocycles. The van der Waals surface area contributed by atoms with E-state index >= 15 is 0 Å². The molecule has 0 radical (unpaired) electrons. The van der Waals surface area contributed by atoms with Crippen LogP contribution in [0.2, 0.25) is 0 Å². The number of fused-ring (bicyclic) bond motifs is 1. The van der Waals surface area contributed by atoms with Gasteiger partial charge in [-0.1, -0.05) is 66.2 Å². The van der Waals surface area contributed by atoms with Crippen LogP contribution in [-0.4, -0.2) is 21.1 Å². The highest BCUT2D eigenvalue weighted by Gasteiger charge is 2.28. The van der Waals surface area contributed by atoms with Gasteiger partial charge in [-0.2, -0.15) is 0 Å². The van der Waals surface area contributed by atoms with Gasteiger partial charge in [0.25, 0.3) is 5.56 Å². The number of hydrogen-bond acceptors (Lipinski definition) is 4. The molecule has 4 aromatic rings. The Morgan fingerprint density at radius 2 is 1.54 bits per heavy atom. The normalized spacial score (nSPS) is 13.7. The Morgan fingerprint density at radius 1 is 0.800 bits per heavy atom. The minimum Gasteiger partial charge on any atom is -0.298 e. The van der Waals surface area contributed by atoms with E-state index in [9.17, 15) is 4.79 Å². The van der Waals surface area contributed by atoms with Gasteiger partial charge in [0, 0.05) is 24.2 Å². The molecule has 0 unspecified atom stereocenters. The second kappa shape index (κ2) is 9.51. The third-order valence-corrected chi connectivity index (χ3v) is 6.93. The first-order chi connectivity index (χ1) is 16.9. The molecule has 0 N–H and O–H groups in total. The number of aryl methyl sites for hydroxylation is 4. The van der Waals surface area contributed by atoms with Gasteiger partial charge in [-0.05, 0) is 62.1 Å². The molecule has 178 valence electrons. The molecule has 0 saturated carbocycles. The first kappa shape index (κ1) is 23.1.